The van der Waals surface area contributed by atoms with E-state index in [9.17, 15) is 19.5 Å². The summed E-state index contributed by atoms with van der Waals surface area (Å²) in [6.45, 7) is 0.181. The molecule has 0 spiro atoms. The summed E-state index contributed by atoms with van der Waals surface area (Å²) < 4.78 is 5.36. The van der Waals surface area contributed by atoms with Crippen LogP contribution >= 0.6 is 0 Å². The summed E-state index contributed by atoms with van der Waals surface area (Å²) in [5, 5.41) is 23.8. The minimum Gasteiger partial charge on any atom is -0.507 e. The lowest BCUT2D eigenvalue weighted by molar-refractivity contribution is -0.141. The molecule has 1 aromatic carbocycles. The fourth-order valence-corrected chi connectivity index (χ4v) is 2.07. The van der Waals surface area contributed by atoms with Crippen molar-refractivity contribution in [2.75, 3.05) is 19.7 Å². The van der Waals surface area contributed by atoms with E-state index in [4.69, 9.17) is 22.1 Å². The van der Waals surface area contributed by atoms with Gasteiger partial charge < -0.3 is 31.0 Å². The third kappa shape index (κ3) is 8.63. The second-order valence-corrected chi connectivity index (χ2v) is 5.60. The minimum atomic E-state index is -1.34. The number of amides is 2. The van der Waals surface area contributed by atoms with E-state index in [1.54, 1.807) is 0 Å². The van der Waals surface area contributed by atoms with E-state index in [2.05, 4.69) is 27.0 Å². The summed E-state index contributed by atoms with van der Waals surface area (Å²) >= 11 is 0. The van der Waals surface area contributed by atoms with Gasteiger partial charge in [0.15, 0.2) is 0 Å². The number of nitrogens with zero attached hydrogens (tertiary/aromatic N) is 1. The van der Waals surface area contributed by atoms with Crippen LogP contribution in [0.2, 0.25) is 0 Å². The number of phenols is 1. The first-order chi connectivity index (χ1) is 13.9. The van der Waals surface area contributed by atoms with Gasteiger partial charge in [0.05, 0.1) is 18.4 Å². The Labute approximate surface area is 167 Å². The number of nitrogens with one attached hydrogen (secondary N) is 3. The second-order valence-electron chi connectivity index (χ2n) is 5.60. The van der Waals surface area contributed by atoms with Crippen LogP contribution in [-0.2, 0) is 9.59 Å². The predicted molar refractivity (Wildman–Crippen MR) is 104 cm³/mol. The SMILES string of the molecule is C#CCCC(=O)N[C@@H](CNC(=O)c1ccc(OCCN=CNN)cc1O)C(=O)O. The van der Waals surface area contributed by atoms with Crippen LogP contribution in [0, 0.1) is 12.3 Å². The molecule has 0 aliphatic heterocycles. The van der Waals surface area contributed by atoms with E-state index < -0.39 is 23.8 Å². The highest BCUT2D eigenvalue weighted by Gasteiger charge is 2.21. The Morgan fingerprint density at radius 1 is 1.38 bits per heavy atom. The quantitative estimate of drug-likeness (QED) is 0.0639. The van der Waals surface area contributed by atoms with Gasteiger partial charge in [-0.05, 0) is 12.1 Å². The lowest BCUT2D eigenvalue weighted by Gasteiger charge is -2.15. The maximum atomic E-state index is 12.2. The number of hydrogen-bond donors (Lipinski definition) is 6. The number of hydrazine groups is 1. The highest BCUT2D eigenvalue weighted by atomic mass is 16.5. The standard InChI is InChI=1S/C18H23N5O6/c1-2-3-4-16(25)23-14(18(27)28)10-21-17(26)13-6-5-12(9-15(13)24)29-8-7-20-11-22-19/h1,5-6,9,11,14,24H,3-4,7-8,10,19H2,(H,20,22)(H,21,26)(H,23,25)(H,27,28)/t14-/m0/s1. The molecule has 0 saturated heterocycles. The Hall–Kier alpha value is -3.78. The summed E-state index contributed by atoms with van der Waals surface area (Å²) in [7, 11) is 0. The number of terminal acetylenes is 1. The number of carboxylic acid groups (broad SMARTS) is 1. The Morgan fingerprint density at radius 2 is 2.14 bits per heavy atom. The van der Waals surface area contributed by atoms with Crippen LogP contribution in [0.4, 0.5) is 0 Å². The number of benzene rings is 1. The molecule has 1 atom stereocenters. The van der Waals surface area contributed by atoms with Crippen LogP contribution in [0.3, 0.4) is 0 Å². The molecule has 0 aromatic heterocycles. The largest absolute Gasteiger partial charge is 0.507 e. The summed E-state index contributed by atoms with van der Waals surface area (Å²) in [4.78, 5) is 38.9. The zero-order chi connectivity index (χ0) is 21.6. The molecule has 156 valence electrons. The summed E-state index contributed by atoms with van der Waals surface area (Å²) in [6.07, 6.45) is 6.50. The Bertz CT molecular complexity index is 789. The highest BCUT2D eigenvalue weighted by Crippen LogP contribution is 2.23. The average molecular weight is 405 g/mol. The molecule has 11 nitrogen and oxygen atoms in total. The predicted octanol–water partition coefficient (Wildman–Crippen LogP) is -1.02. The molecular weight excluding hydrogens is 382 g/mol. The number of aliphatic imine (C=N–C) groups is 1. The lowest BCUT2D eigenvalue weighted by atomic mass is 10.1. The third-order valence-corrected chi connectivity index (χ3v) is 3.47. The Balaban J connectivity index is 2.61. The van der Waals surface area contributed by atoms with Gasteiger partial charge in [0.25, 0.3) is 5.91 Å². The lowest BCUT2D eigenvalue weighted by Crippen LogP contribution is -2.48. The van der Waals surface area contributed by atoms with Crippen LogP contribution in [0.1, 0.15) is 23.2 Å². The number of ether oxygens (including phenoxy) is 1. The average Bonchev–Trinajstić information content (AvgIpc) is 2.69. The van der Waals surface area contributed by atoms with Gasteiger partial charge in [-0.15, -0.1) is 12.3 Å². The topological polar surface area (TPSA) is 175 Å². The van der Waals surface area contributed by atoms with Crippen molar-refractivity contribution >= 4 is 24.1 Å². The van der Waals surface area contributed by atoms with Gasteiger partial charge in [-0.25, -0.2) is 10.6 Å². The molecule has 2 amide bonds. The number of aliphatic carboxylic acids is 1. The molecule has 0 radical (unpaired) electrons. The summed E-state index contributed by atoms with van der Waals surface area (Å²) in [5.74, 6) is 4.69. The van der Waals surface area contributed by atoms with Gasteiger partial charge in [-0.3, -0.25) is 14.6 Å². The molecule has 1 rings (SSSR count). The molecule has 11 heteroatoms. The van der Waals surface area contributed by atoms with Crippen molar-refractivity contribution in [3.63, 3.8) is 0 Å². The Kier molecular flexibility index (Phi) is 10.1. The molecule has 0 heterocycles. The number of nitrogens with two attached hydrogens (primary N) is 1. The first-order valence-corrected chi connectivity index (χ1v) is 8.53. The molecule has 0 aliphatic rings. The van der Waals surface area contributed by atoms with Crippen LogP contribution in [0.25, 0.3) is 0 Å². The summed E-state index contributed by atoms with van der Waals surface area (Å²) in [6, 6.07) is 2.70. The zero-order valence-electron chi connectivity index (χ0n) is 15.6. The zero-order valence-corrected chi connectivity index (χ0v) is 15.6. The van der Waals surface area contributed by atoms with E-state index in [1.165, 1.54) is 24.5 Å². The van der Waals surface area contributed by atoms with E-state index in [0.29, 0.717) is 12.3 Å². The molecular formula is C18H23N5O6. The van der Waals surface area contributed by atoms with Crippen molar-refractivity contribution in [2.24, 2.45) is 10.8 Å². The van der Waals surface area contributed by atoms with Crippen LogP contribution in [0.5, 0.6) is 11.5 Å². The van der Waals surface area contributed by atoms with Crippen LogP contribution in [0.15, 0.2) is 23.2 Å². The van der Waals surface area contributed by atoms with Crippen molar-refractivity contribution in [2.45, 2.75) is 18.9 Å². The van der Waals surface area contributed by atoms with Crippen molar-refractivity contribution in [3.05, 3.63) is 23.8 Å². The molecule has 1 aromatic rings. The molecule has 0 saturated carbocycles. The first kappa shape index (κ1) is 23.3. The van der Waals surface area contributed by atoms with Gasteiger partial charge in [0.2, 0.25) is 5.91 Å². The summed E-state index contributed by atoms with van der Waals surface area (Å²) in [5.41, 5.74) is 2.16. The number of aromatic hydroxyl groups is 1. The highest BCUT2D eigenvalue weighted by molar-refractivity contribution is 5.97. The van der Waals surface area contributed by atoms with Gasteiger partial charge in [-0.1, -0.05) is 0 Å². The number of carboxylic acids is 1. The maximum absolute atomic E-state index is 12.2. The Morgan fingerprint density at radius 3 is 2.76 bits per heavy atom. The molecule has 0 unspecified atom stereocenters. The normalized spacial score (nSPS) is 11.3. The number of carbonyl (C=O) groups excluding carboxylic acids is 2. The molecule has 0 aliphatic carbocycles. The molecule has 7 N–H and O–H groups in total. The monoisotopic (exact) mass is 405 g/mol. The van der Waals surface area contributed by atoms with E-state index in [-0.39, 0.29) is 37.3 Å². The smallest absolute Gasteiger partial charge is 0.328 e. The maximum Gasteiger partial charge on any atom is 0.328 e. The van der Waals surface area contributed by atoms with Crippen molar-refractivity contribution in [1.82, 2.24) is 16.1 Å². The number of phenolic OH excluding ortho intramolecular Hbond substituents is 1. The van der Waals surface area contributed by atoms with Gasteiger partial charge >= 0.3 is 5.97 Å². The molecule has 29 heavy (non-hydrogen) atoms. The molecule has 0 fully saturated rings. The van der Waals surface area contributed by atoms with Gasteiger partial charge in [-0.2, -0.15) is 0 Å². The second kappa shape index (κ2) is 12.6. The number of rotatable bonds is 12. The van der Waals surface area contributed by atoms with E-state index in [0.717, 1.165) is 0 Å². The molecule has 0 bridgehead atoms. The number of hydrogen-bond acceptors (Lipinski definition) is 7. The first-order valence-electron chi connectivity index (χ1n) is 8.53. The fourth-order valence-electron chi connectivity index (χ4n) is 2.07. The van der Waals surface area contributed by atoms with E-state index in [1.807, 2.05) is 0 Å². The van der Waals surface area contributed by atoms with Crippen LogP contribution < -0.4 is 26.6 Å². The van der Waals surface area contributed by atoms with Crippen molar-refractivity contribution in [3.8, 4) is 23.8 Å². The van der Waals surface area contributed by atoms with Crippen LogP contribution in [-0.4, -0.2) is 60.1 Å². The number of carbonyl (C=O) groups is 3. The minimum absolute atomic E-state index is 0.0233. The van der Waals surface area contributed by atoms with Crippen molar-refractivity contribution in [1.29, 1.82) is 0 Å². The van der Waals surface area contributed by atoms with Gasteiger partial charge in [0, 0.05) is 25.5 Å². The van der Waals surface area contributed by atoms with Crippen molar-refractivity contribution < 1.29 is 29.3 Å². The third-order valence-electron chi connectivity index (χ3n) is 3.47. The van der Waals surface area contributed by atoms with E-state index >= 15 is 0 Å². The van der Waals surface area contributed by atoms with Gasteiger partial charge in [0.1, 0.15) is 24.1 Å². The fraction of sp³-hybridized carbons (Fsp3) is 0.333.